The van der Waals surface area contributed by atoms with Crippen molar-refractivity contribution in [2.45, 2.75) is 18.9 Å². The first-order valence-electron chi connectivity index (χ1n) is 8.66. The molecule has 7 nitrogen and oxygen atoms in total. The Morgan fingerprint density at radius 3 is 2.65 bits per heavy atom. The first kappa shape index (κ1) is 16.3. The van der Waals surface area contributed by atoms with Gasteiger partial charge in [0.15, 0.2) is 5.82 Å². The molecule has 0 aliphatic heterocycles. The summed E-state index contributed by atoms with van der Waals surface area (Å²) in [5.74, 6) is 1.16. The highest BCUT2D eigenvalue weighted by molar-refractivity contribution is 5.90. The number of aryl methyl sites for hydroxylation is 1. The van der Waals surface area contributed by atoms with Crippen LogP contribution in [0.1, 0.15) is 24.4 Å². The molecule has 3 aromatic rings. The van der Waals surface area contributed by atoms with Gasteiger partial charge in [0.05, 0.1) is 6.04 Å². The average Bonchev–Trinajstić information content (AvgIpc) is 3.41. The third kappa shape index (κ3) is 3.56. The third-order valence-electron chi connectivity index (χ3n) is 4.54. The summed E-state index contributed by atoms with van der Waals surface area (Å²) in [5.41, 5.74) is 2.69. The number of benzene rings is 2. The molecule has 2 aromatic carbocycles. The number of hydrogen-bond acceptors (Lipinski definition) is 4. The maximum atomic E-state index is 12.5. The summed E-state index contributed by atoms with van der Waals surface area (Å²) in [4.78, 5) is 12.5. The number of carbonyl (C=O) groups excluding carboxylic acids is 1. The molecule has 1 fully saturated rings. The molecular formula is C19H20N6O. The Morgan fingerprint density at radius 1 is 1.15 bits per heavy atom. The zero-order chi connectivity index (χ0) is 17.9. The van der Waals surface area contributed by atoms with E-state index < -0.39 is 0 Å². The molecule has 2 N–H and O–H groups in total. The summed E-state index contributed by atoms with van der Waals surface area (Å²) >= 11 is 0. The molecule has 1 saturated carbocycles. The predicted molar refractivity (Wildman–Crippen MR) is 98.3 cm³/mol. The van der Waals surface area contributed by atoms with E-state index in [0.29, 0.717) is 17.4 Å². The lowest BCUT2D eigenvalue weighted by Crippen LogP contribution is -2.33. The number of hydrogen-bond donors (Lipinski definition) is 2. The fraction of sp³-hybridized carbons (Fsp3) is 0.263. The first-order valence-corrected chi connectivity index (χ1v) is 8.66. The number of aromatic nitrogens is 4. The first-order chi connectivity index (χ1) is 12.7. The number of anilines is 1. The molecule has 1 heterocycles. The predicted octanol–water partition coefficient (Wildman–Crippen LogP) is 3.15. The second-order valence-corrected chi connectivity index (χ2v) is 6.53. The molecular weight excluding hydrogens is 328 g/mol. The Bertz CT molecular complexity index is 903. The van der Waals surface area contributed by atoms with Crippen LogP contribution >= 0.6 is 0 Å². The van der Waals surface area contributed by atoms with Gasteiger partial charge in [-0.05, 0) is 46.9 Å². The fourth-order valence-corrected chi connectivity index (χ4v) is 3.08. The van der Waals surface area contributed by atoms with E-state index in [1.165, 1.54) is 0 Å². The molecule has 0 spiro atoms. The molecule has 0 unspecified atom stereocenters. The minimum atomic E-state index is -0.209. The van der Waals surface area contributed by atoms with E-state index in [1.807, 2.05) is 42.5 Å². The molecule has 2 amide bonds. The molecule has 0 bridgehead atoms. The summed E-state index contributed by atoms with van der Waals surface area (Å²) < 4.78 is 1.59. The van der Waals surface area contributed by atoms with Crippen LogP contribution in [0.2, 0.25) is 0 Å². The quantitative estimate of drug-likeness (QED) is 0.742. The van der Waals surface area contributed by atoms with Crippen LogP contribution in [-0.4, -0.2) is 26.2 Å². The summed E-state index contributed by atoms with van der Waals surface area (Å²) in [5, 5.41) is 17.5. The average molecular weight is 348 g/mol. The van der Waals surface area contributed by atoms with Crippen LogP contribution in [0.15, 0.2) is 54.6 Å². The van der Waals surface area contributed by atoms with Gasteiger partial charge < -0.3 is 10.6 Å². The van der Waals surface area contributed by atoms with Gasteiger partial charge in [-0.1, -0.05) is 42.5 Å². The largest absolute Gasteiger partial charge is 0.331 e. The minimum absolute atomic E-state index is 0.0438. The Balaban J connectivity index is 1.47. The molecule has 7 heteroatoms. The number of amides is 2. The van der Waals surface area contributed by atoms with Gasteiger partial charge in [0.25, 0.3) is 0 Å². The van der Waals surface area contributed by atoms with E-state index in [-0.39, 0.29) is 12.1 Å². The van der Waals surface area contributed by atoms with E-state index in [0.717, 1.165) is 24.0 Å². The van der Waals surface area contributed by atoms with Crippen molar-refractivity contribution in [2.75, 3.05) is 5.32 Å². The van der Waals surface area contributed by atoms with Crippen molar-refractivity contribution < 1.29 is 4.79 Å². The maximum Gasteiger partial charge on any atom is 0.319 e. The normalized spacial score (nSPS) is 14.7. The standard InChI is InChI=1S/C19H20N6O/c1-25-18(22-23-24-25)15-8-5-9-16(12-15)20-19(26)21-17(14-10-11-14)13-6-3-2-4-7-13/h2-9,12,14,17H,10-11H2,1H3,(H2,20,21,26)/t17-/m1/s1. The highest BCUT2D eigenvalue weighted by atomic mass is 16.2. The molecule has 1 atom stereocenters. The molecule has 1 aromatic heterocycles. The van der Waals surface area contributed by atoms with Gasteiger partial charge >= 0.3 is 6.03 Å². The van der Waals surface area contributed by atoms with Gasteiger partial charge in [0.1, 0.15) is 0 Å². The Morgan fingerprint density at radius 2 is 1.96 bits per heavy atom. The van der Waals surface area contributed by atoms with Crippen LogP contribution in [0, 0.1) is 5.92 Å². The third-order valence-corrected chi connectivity index (χ3v) is 4.54. The van der Waals surface area contributed by atoms with Gasteiger partial charge in [0.2, 0.25) is 0 Å². The number of carbonyl (C=O) groups is 1. The number of nitrogens with one attached hydrogen (secondary N) is 2. The topological polar surface area (TPSA) is 84.7 Å². The monoisotopic (exact) mass is 348 g/mol. The van der Waals surface area contributed by atoms with Crippen molar-refractivity contribution in [3.8, 4) is 11.4 Å². The molecule has 0 radical (unpaired) electrons. The van der Waals surface area contributed by atoms with Gasteiger partial charge in [-0.3, -0.25) is 0 Å². The van der Waals surface area contributed by atoms with Crippen LogP contribution in [0.5, 0.6) is 0 Å². The number of rotatable bonds is 5. The van der Waals surface area contributed by atoms with Crippen LogP contribution in [0.4, 0.5) is 10.5 Å². The highest BCUT2D eigenvalue weighted by Crippen LogP contribution is 2.40. The Kier molecular flexibility index (Phi) is 4.35. The summed E-state index contributed by atoms with van der Waals surface area (Å²) in [7, 11) is 1.78. The molecule has 0 saturated heterocycles. The lowest BCUT2D eigenvalue weighted by Gasteiger charge is -2.19. The molecule has 26 heavy (non-hydrogen) atoms. The molecule has 132 valence electrons. The van der Waals surface area contributed by atoms with E-state index >= 15 is 0 Å². The lowest BCUT2D eigenvalue weighted by atomic mass is 10.0. The van der Waals surface area contributed by atoms with Gasteiger partial charge in [-0.25, -0.2) is 9.48 Å². The highest BCUT2D eigenvalue weighted by Gasteiger charge is 2.33. The van der Waals surface area contributed by atoms with Crippen LogP contribution < -0.4 is 10.6 Å². The minimum Gasteiger partial charge on any atom is -0.331 e. The fourth-order valence-electron chi connectivity index (χ4n) is 3.08. The van der Waals surface area contributed by atoms with Gasteiger partial charge in [-0.2, -0.15) is 0 Å². The van der Waals surface area contributed by atoms with E-state index in [9.17, 15) is 4.79 Å². The smallest absolute Gasteiger partial charge is 0.319 e. The van der Waals surface area contributed by atoms with Crippen molar-refractivity contribution in [1.82, 2.24) is 25.5 Å². The SMILES string of the molecule is Cn1nnnc1-c1cccc(NC(=O)N[C@H](c2ccccc2)C2CC2)c1. The van der Waals surface area contributed by atoms with Crippen molar-refractivity contribution in [1.29, 1.82) is 0 Å². The Labute approximate surface area is 151 Å². The molecule has 4 rings (SSSR count). The van der Waals surface area contributed by atoms with Crippen LogP contribution in [0.25, 0.3) is 11.4 Å². The van der Waals surface area contributed by atoms with Crippen molar-refractivity contribution in [3.05, 3.63) is 60.2 Å². The zero-order valence-corrected chi connectivity index (χ0v) is 14.5. The van der Waals surface area contributed by atoms with Gasteiger partial charge in [0, 0.05) is 18.3 Å². The van der Waals surface area contributed by atoms with Crippen LogP contribution in [0.3, 0.4) is 0 Å². The lowest BCUT2D eigenvalue weighted by molar-refractivity contribution is 0.247. The van der Waals surface area contributed by atoms with E-state index in [2.05, 4.69) is 38.3 Å². The number of urea groups is 1. The van der Waals surface area contributed by atoms with Crippen molar-refractivity contribution >= 4 is 11.7 Å². The van der Waals surface area contributed by atoms with Crippen molar-refractivity contribution in [2.24, 2.45) is 13.0 Å². The van der Waals surface area contributed by atoms with Gasteiger partial charge in [-0.15, -0.1) is 5.10 Å². The zero-order valence-electron chi connectivity index (χ0n) is 14.5. The second-order valence-electron chi connectivity index (χ2n) is 6.53. The number of tetrazole rings is 1. The summed E-state index contributed by atoms with van der Waals surface area (Å²) in [6, 6.07) is 17.4. The molecule has 1 aliphatic rings. The van der Waals surface area contributed by atoms with E-state index in [1.54, 1.807) is 11.7 Å². The van der Waals surface area contributed by atoms with E-state index in [4.69, 9.17) is 0 Å². The van der Waals surface area contributed by atoms with Crippen molar-refractivity contribution in [3.63, 3.8) is 0 Å². The number of nitrogens with zero attached hydrogens (tertiary/aromatic N) is 4. The second kappa shape index (κ2) is 6.95. The molecule has 1 aliphatic carbocycles. The van der Waals surface area contributed by atoms with Crippen LogP contribution in [-0.2, 0) is 7.05 Å². The Hall–Kier alpha value is -3.22. The summed E-state index contributed by atoms with van der Waals surface area (Å²) in [6.45, 7) is 0. The summed E-state index contributed by atoms with van der Waals surface area (Å²) in [6.07, 6.45) is 2.29. The maximum absolute atomic E-state index is 12.5.